The van der Waals surface area contributed by atoms with Gasteiger partial charge in [-0.3, -0.25) is 0 Å². The summed E-state index contributed by atoms with van der Waals surface area (Å²) in [5.74, 6) is 0. The molecule has 0 saturated carbocycles. The number of nitrogens with zero attached hydrogens (tertiary/aromatic N) is 1. The topological polar surface area (TPSA) is 19.9 Å². The fourth-order valence-corrected chi connectivity index (χ4v) is 2.47. The zero-order chi connectivity index (χ0) is 14.2. The van der Waals surface area contributed by atoms with Gasteiger partial charge in [0.15, 0.2) is 0 Å². The third-order valence-corrected chi connectivity index (χ3v) is 3.78. The Kier molecular flexibility index (Phi) is 21.6. The lowest BCUT2D eigenvalue weighted by Crippen LogP contribution is -3.00. The Hall–Kier alpha value is 0.210. The summed E-state index contributed by atoms with van der Waals surface area (Å²) in [6.07, 6.45) is 15.8. The van der Waals surface area contributed by atoms with Crippen LogP contribution in [0.3, 0.4) is 0 Å². The Morgan fingerprint density at radius 1 is 0.650 bits per heavy atom. The molecule has 0 aromatic heterocycles. The van der Waals surface area contributed by atoms with Crippen molar-refractivity contribution in [1.29, 1.82) is 0 Å². The van der Waals surface area contributed by atoms with E-state index in [2.05, 4.69) is 31.2 Å². The molecule has 0 heterocycles. The van der Waals surface area contributed by atoms with Crippen molar-refractivity contribution in [3.05, 3.63) is 0 Å². The summed E-state index contributed by atoms with van der Waals surface area (Å²) < 4.78 is 0. The number of unbranched alkanes of at least 4 members (excludes halogenated alkanes) is 9. The van der Waals surface area contributed by atoms with E-state index in [4.69, 9.17) is 0 Å². The van der Waals surface area contributed by atoms with Gasteiger partial charge in [0.25, 0.3) is 0 Å². The predicted molar refractivity (Wildman–Crippen MR) is 86.7 cm³/mol. The lowest BCUT2D eigenvalue weighted by molar-refractivity contribution is -0.655. The van der Waals surface area contributed by atoms with Gasteiger partial charge >= 0.3 is 0 Å². The molecule has 0 fully saturated rings. The molecule has 0 bridgehead atoms. The van der Waals surface area contributed by atoms with E-state index in [0.29, 0.717) is 0 Å². The molecule has 0 aromatic carbocycles. The Labute approximate surface area is 134 Å². The molecule has 0 aliphatic heterocycles. The minimum atomic E-state index is 0. The average molecular weight is 307 g/mol. The smallest absolute Gasteiger partial charge is 0.0767 e. The Morgan fingerprint density at radius 3 is 1.60 bits per heavy atom. The van der Waals surface area contributed by atoms with Crippen molar-refractivity contribution in [2.45, 2.75) is 77.6 Å². The SMILES string of the molecule is CCCCCCCCCCCC[NH2+]CCCN(C)C.[Cl-]. The summed E-state index contributed by atoms with van der Waals surface area (Å²) in [6.45, 7) is 6.16. The van der Waals surface area contributed by atoms with Crippen LogP contribution < -0.4 is 17.7 Å². The lowest BCUT2D eigenvalue weighted by atomic mass is 10.1. The predicted octanol–water partition coefficient (Wildman–Crippen LogP) is 0.426. The molecule has 0 aromatic rings. The van der Waals surface area contributed by atoms with E-state index < -0.39 is 0 Å². The van der Waals surface area contributed by atoms with Gasteiger partial charge in [-0.2, -0.15) is 0 Å². The van der Waals surface area contributed by atoms with Crippen LogP contribution in [0.4, 0.5) is 0 Å². The van der Waals surface area contributed by atoms with Crippen LogP contribution in [0.1, 0.15) is 77.6 Å². The van der Waals surface area contributed by atoms with Gasteiger partial charge in [0.2, 0.25) is 0 Å². The fraction of sp³-hybridized carbons (Fsp3) is 1.00. The third-order valence-electron chi connectivity index (χ3n) is 3.78. The van der Waals surface area contributed by atoms with Crippen molar-refractivity contribution >= 4 is 0 Å². The Bertz CT molecular complexity index is 163. The molecule has 0 rings (SSSR count). The quantitative estimate of drug-likeness (QED) is 0.435. The highest BCUT2D eigenvalue weighted by Gasteiger charge is 1.95. The number of hydrogen-bond donors (Lipinski definition) is 1. The third kappa shape index (κ3) is 20.5. The second kappa shape index (κ2) is 19.2. The zero-order valence-corrected chi connectivity index (χ0v) is 15.1. The molecule has 2 nitrogen and oxygen atoms in total. The van der Waals surface area contributed by atoms with Gasteiger partial charge in [-0.15, -0.1) is 0 Å². The summed E-state index contributed by atoms with van der Waals surface area (Å²) in [6, 6.07) is 0. The summed E-state index contributed by atoms with van der Waals surface area (Å²) in [5.41, 5.74) is 0. The number of halogens is 1. The van der Waals surface area contributed by atoms with Gasteiger partial charge in [0.05, 0.1) is 13.1 Å². The minimum Gasteiger partial charge on any atom is -1.00 e. The molecular formula is C17H39ClN2. The Balaban J connectivity index is 0. The van der Waals surface area contributed by atoms with Crippen LogP contribution in [0, 0.1) is 0 Å². The van der Waals surface area contributed by atoms with Crippen molar-refractivity contribution < 1.29 is 17.7 Å². The zero-order valence-electron chi connectivity index (χ0n) is 14.3. The van der Waals surface area contributed by atoms with E-state index in [1.165, 1.54) is 90.3 Å². The monoisotopic (exact) mass is 306 g/mol. The summed E-state index contributed by atoms with van der Waals surface area (Å²) in [4.78, 5) is 2.27. The van der Waals surface area contributed by atoms with Crippen molar-refractivity contribution in [2.75, 3.05) is 33.7 Å². The minimum absolute atomic E-state index is 0. The number of quaternary nitrogens is 1. The highest BCUT2D eigenvalue weighted by Crippen LogP contribution is 2.09. The average Bonchev–Trinajstić information content (AvgIpc) is 2.39. The van der Waals surface area contributed by atoms with Crippen molar-refractivity contribution in [3.8, 4) is 0 Å². The first-order chi connectivity index (χ1) is 9.27. The largest absolute Gasteiger partial charge is 1.00 e. The molecule has 20 heavy (non-hydrogen) atoms. The second-order valence-corrected chi connectivity index (χ2v) is 6.20. The van der Waals surface area contributed by atoms with Crippen LogP contribution in [0.25, 0.3) is 0 Å². The first-order valence-electron chi connectivity index (χ1n) is 8.73. The van der Waals surface area contributed by atoms with Crippen LogP contribution in [0.5, 0.6) is 0 Å². The van der Waals surface area contributed by atoms with Crippen molar-refractivity contribution in [1.82, 2.24) is 4.90 Å². The molecule has 0 aliphatic rings. The van der Waals surface area contributed by atoms with Gasteiger partial charge in [0, 0.05) is 13.0 Å². The van der Waals surface area contributed by atoms with E-state index in [1.807, 2.05) is 0 Å². The second-order valence-electron chi connectivity index (χ2n) is 6.20. The van der Waals surface area contributed by atoms with Crippen LogP contribution in [0.2, 0.25) is 0 Å². The van der Waals surface area contributed by atoms with E-state index in [0.717, 1.165) is 0 Å². The molecule has 0 radical (unpaired) electrons. The van der Waals surface area contributed by atoms with E-state index in [9.17, 15) is 0 Å². The van der Waals surface area contributed by atoms with Crippen LogP contribution in [0.15, 0.2) is 0 Å². The molecule has 0 unspecified atom stereocenters. The van der Waals surface area contributed by atoms with Crippen LogP contribution in [-0.2, 0) is 0 Å². The van der Waals surface area contributed by atoms with Gasteiger partial charge in [-0.25, -0.2) is 0 Å². The van der Waals surface area contributed by atoms with Gasteiger partial charge in [0.1, 0.15) is 0 Å². The molecule has 0 aliphatic carbocycles. The maximum absolute atomic E-state index is 2.49. The first-order valence-corrected chi connectivity index (χ1v) is 8.73. The molecule has 3 heteroatoms. The first kappa shape index (κ1) is 22.5. The molecule has 0 amide bonds. The molecule has 0 spiro atoms. The maximum Gasteiger partial charge on any atom is 0.0767 e. The van der Waals surface area contributed by atoms with E-state index in [-0.39, 0.29) is 12.4 Å². The van der Waals surface area contributed by atoms with E-state index >= 15 is 0 Å². The molecule has 0 atom stereocenters. The maximum atomic E-state index is 2.49. The molecular weight excluding hydrogens is 268 g/mol. The fourth-order valence-electron chi connectivity index (χ4n) is 2.47. The Morgan fingerprint density at radius 2 is 1.10 bits per heavy atom. The summed E-state index contributed by atoms with van der Waals surface area (Å²) >= 11 is 0. The standard InChI is InChI=1S/C17H38N2.ClH/c1-4-5-6-7-8-9-10-11-12-13-15-18-16-14-17-19(2)3;/h18H,4-17H2,1-3H3;1H. The van der Waals surface area contributed by atoms with Gasteiger partial charge < -0.3 is 22.6 Å². The molecule has 2 N–H and O–H groups in total. The number of rotatable bonds is 15. The summed E-state index contributed by atoms with van der Waals surface area (Å²) in [7, 11) is 4.31. The number of nitrogens with two attached hydrogens (primary N) is 1. The highest BCUT2D eigenvalue weighted by atomic mass is 35.5. The summed E-state index contributed by atoms with van der Waals surface area (Å²) in [5, 5.41) is 2.49. The van der Waals surface area contributed by atoms with Crippen LogP contribution in [-0.4, -0.2) is 38.6 Å². The molecule has 0 saturated heterocycles. The molecule has 124 valence electrons. The van der Waals surface area contributed by atoms with E-state index in [1.54, 1.807) is 0 Å². The van der Waals surface area contributed by atoms with Gasteiger partial charge in [-0.1, -0.05) is 58.3 Å². The van der Waals surface area contributed by atoms with Crippen molar-refractivity contribution in [3.63, 3.8) is 0 Å². The lowest BCUT2D eigenvalue weighted by Gasteiger charge is -2.08. The van der Waals surface area contributed by atoms with Crippen LogP contribution >= 0.6 is 0 Å². The van der Waals surface area contributed by atoms with Gasteiger partial charge in [-0.05, 0) is 26.9 Å². The number of hydrogen-bond acceptors (Lipinski definition) is 1. The normalized spacial score (nSPS) is 10.8. The van der Waals surface area contributed by atoms with Crippen molar-refractivity contribution in [2.24, 2.45) is 0 Å². The highest BCUT2D eigenvalue weighted by molar-refractivity contribution is 4.47.